The summed E-state index contributed by atoms with van der Waals surface area (Å²) in [6.45, 7) is 7.27. The van der Waals surface area contributed by atoms with Gasteiger partial charge in [0.1, 0.15) is 5.82 Å². The standard InChI is InChI=1S/C14H23FN2/c1-11(12-7-6-8-13(15)9-12)16-10-14(2,3)17(4)5/h6-9,11,16H,10H2,1-5H3. The van der Waals surface area contributed by atoms with E-state index in [0.717, 1.165) is 12.1 Å². The first-order chi connectivity index (χ1) is 7.83. The van der Waals surface area contributed by atoms with Crippen molar-refractivity contribution in [1.29, 1.82) is 0 Å². The number of hydrogen-bond acceptors (Lipinski definition) is 2. The summed E-state index contributed by atoms with van der Waals surface area (Å²) in [7, 11) is 4.13. The van der Waals surface area contributed by atoms with E-state index >= 15 is 0 Å². The first kappa shape index (κ1) is 14.1. The van der Waals surface area contributed by atoms with E-state index in [1.54, 1.807) is 12.1 Å². The normalized spacial score (nSPS) is 14.1. The molecule has 0 aliphatic heterocycles. The van der Waals surface area contributed by atoms with Gasteiger partial charge < -0.3 is 10.2 Å². The Balaban J connectivity index is 2.59. The molecule has 1 rings (SSSR count). The van der Waals surface area contributed by atoms with Crippen molar-refractivity contribution >= 4 is 0 Å². The Morgan fingerprint density at radius 1 is 1.35 bits per heavy atom. The van der Waals surface area contributed by atoms with E-state index in [9.17, 15) is 4.39 Å². The van der Waals surface area contributed by atoms with Crippen LogP contribution in [0.25, 0.3) is 0 Å². The van der Waals surface area contributed by atoms with Crippen LogP contribution in [-0.2, 0) is 0 Å². The fourth-order valence-electron chi connectivity index (χ4n) is 1.45. The van der Waals surface area contributed by atoms with Crippen molar-refractivity contribution in [2.45, 2.75) is 32.4 Å². The highest BCUT2D eigenvalue weighted by atomic mass is 19.1. The van der Waals surface area contributed by atoms with Gasteiger partial charge in [-0.05, 0) is 52.6 Å². The zero-order valence-electron chi connectivity index (χ0n) is 11.4. The van der Waals surface area contributed by atoms with Crippen molar-refractivity contribution < 1.29 is 4.39 Å². The molecule has 1 atom stereocenters. The maximum Gasteiger partial charge on any atom is 0.123 e. The van der Waals surface area contributed by atoms with Gasteiger partial charge in [-0.15, -0.1) is 0 Å². The van der Waals surface area contributed by atoms with E-state index in [2.05, 4.69) is 45.1 Å². The average molecular weight is 238 g/mol. The van der Waals surface area contributed by atoms with Gasteiger partial charge >= 0.3 is 0 Å². The Hall–Kier alpha value is -0.930. The maximum atomic E-state index is 13.1. The van der Waals surface area contributed by atoms with Crippen LogP contribution >= 0.6 is 0 Å². The van der Waals surface area contributed by atoms with Crippen molar-refractivity contribution in [2.75, 3.05) is 20.6 Å². The SMILES string of the molecule is CC(NCC(C)(C)N(C)C)c1cccc(F)c1. The molecule has 0 spiro atoms. The summed E-state index contributed by atoms with van der Waals surface area (Å²) >= 11 is 0. The lowest BCUT2D eigenvalue weighted by Crippen LogP contribution is -2.47. The highest BCUT2D eigenvalue weighted by Crippen LogP contribution is 2.15. The molecule has 0 radical (unpaired) electrons. The van der Waals surface area contributed by atoms with Crippen LogP contribution in [0, 0.1) is 5.82 Å². The zero-order valence-corrected chi connectivity index (χ0v) is 11.4. The van der Waals surface area contributed by atoms with Gasteiger partial charge in [0.05, 0.1) is 0 Å². The van der Waals surface area contributed by atoms with Crippen LogP contribution in [0.3, 0.4) is 0 Å². The molecule has 0 aliphatic rings. The molecule has 1 N–H and O–H groups in total. The number of nitrogens with one attached hydrogen (secondary N) is 1. The first-order valence-electron chi connectivity index (χ1n) is 5.99. The van der Waals surface area contributed by atoms with Crippen molar-refractivity contribution in [3.63, 3.8) is 0 Å². The molecule has 0 aromatic heterocycles. The highest BCUT2D eigenvalue weighted by molar-refractivity contribution is 5.19. The van der Waals surface area contributed by atoms with Gasteiger partial charge in [0, 0.05) is 18.1 Å². The zero-order chi connectivity index (χ0) is 13.1. The smallest absolute Gasteiger partial charge is 0.123 e. The first-order valence-corrected chi connectivity index (χ1v) is 5.99. The van der Waals surface area contributed by atoms with Crippen LogP contribution in [0.1, 0.15) is 32.4 Å². The van der Waals surface area contributed by atoms with Crippen molar-refractivity contribution in [3.05, 3.63) is 35.6 Å². The minimum absolute atomic E-state index is 0.0849. The number of nitrogens with zero attached hydrogens (tertiary/aromatic N) is 1. The van der Waals surface area contributed by atoms with Crippen LogP contribution < -0.4 is 5.32 Å². The van der Waals surface area contributed by atoms with E-state index in [1.807, 2.05) is 6.07 Å². The van der Waals surface area contributed by atoms with Gasteiger partial charge in [0.15, 0.2) is 0 Å². The molecule has 1 aromatic rings. The molecule has 0 fully saturated rings. The van der Waals surface area contributed by atoms with Crippen molar-refractivity contribution in [3.8, 4) is 0 Å². The lowest BCUT2D eigenvalue weighted by atomic mass is 10.0. The van der Waals surface area contributed by atoms with Crippen LogP contribution in [0.2, 0.25) is 0 Å². The number of likely N-dealkylation sites (N-methyl/N-ethyl adjacent to an activating group) is 1. The van der Waals surface area contributed by atoms with Crippen LogP contribution in [0.4, 0.5) is 4.39 Å². The Kier molecular flexibility index (Phi) is 4.66. The summed E-state index contributed by atoms with van der Waals surface area (Å²) in [5, 5.41) is 3.44. The van der Waals surface area contributed by atoms with E-state index in [4.69, 9.17) is 0 Å². The Morgan fingerprint density at radius 3 is 2.53 bits per heavy atom. The van der Waals surface area contributed by atoms with Gasteiger partial charge in [-0.2, -0.15) is 0 Å². The third-order valence-electron chi connectivity index (χ3n) is 3.40. The Bertz CT molecular complexity index is 361. The minimum Gasteiger partial charge on any atom is -0.308 e. The quantitative estimate of drug-likeness (QED) is 0.848. The topological polar surface area (TPSA) is 15.3 Å². The largest absolute Gasteiger partial charge is 0.308 e. The lowest BCUT2D eigenvalue weighted by molar-refractivity contribution is 0.185. The molecule has 1 aromatic carbocycles. The monoisotopic (exact) mass is 238 g/mol. The third-order valence-corrected chi connectivity index (χ3v) is 3.40. The van der Waals surface area contributed by atoms with Gasteiger partial charge in [-0.3, -0.25) is 0 Å². The fourth-order valence-corrected chi connectivity index (χ4v) is 1.45. The molecular weight excluding hydrogens is 215 g/mol. The lowest BCUT2D eigenvalue weighted by Gasteiger charge is -2.34. The summed E-state index contributed by atoms with van der Waals surface area (Å²) in [6, 6.07) is 6.91. The molecule has 96 valence electrons. The highest BCUT2D eigenvalue weighted by Gasteiger charge is 2.21. The molecular formula is C14H23FN2. The van der Waals surface area contributed by atoms with Crippen LogP contribution in [0.15, 0.2) is 24.3 Å². The molecule has 0 saturated carbocycles. The predicted octanol–water partition coefficient (Wildman–Crippen LogP) is 2.82. The molecule has 0 heterocycles. The second-order valence-electron chi connectivity index (χ2n) is 5.36. The van der Waals surface area contributed by atoms with Gasteiger partial charge in [-0.25, -0.2) is 4.39 Å². The number of halogens is 1. The molecule has 1 unspecified atom stereocenters. The third kappa shape index (κ3) is 4.10. The van der Waals surface area contributed by atoms with E-state index < -0.39 is 0 Å². The molecule has 0 saturated heterocycles. The van der Waals surface area contributed by atoms with Gasteiger partial charge in [0.2, 0.25) is 0 Å². The average Bonchev–Trinajstić information content (AvgIpc) is 2.25. The molecule has 3 heteroatoms. The molecule has 17 heavy (non-hydrogen) atoms. The van der Waals surface area contributed by atoms with Crippen LogP contribution in [-0.4, -0.2) is 31.1 Å². The number of benzene rings is 1. The van der Waals surface area contributed by atoms with Crippen molar-refractivity contribution in [1.82, 2.24) is 10.2 Å². The Labute approximate surface area is 104 Å². The summed E-state index contributed by atoms with van der Waals surface area (Å²) in [4.78, 5) is 2.18. The number of hydrogen-bond donors (Lipinski definition) is 1. The summed E-state index contributed by atoms with van der Waals surface area (Å²) < 4.78 is 13.1. The van der Waals surface area contributed by atoms with Crippen molar-refractivity contribution in [2.24, 2.45) is 0 Å². The molecule has 0 aliphatic carbocycles. The Morgan fingerprint density at radius 2 is 2.00 bits per heavy atom. The van der Waals surface area contributed by atoms with E-state index in [-0.39, 0.29) is 17.4 Å². The van der Waals surface area contributed by atoms with Crippen LogP contribution in [0.5, 0.6) is 0 Å². The van der Waals surface area contributed by atoms with Gasteiger partial charge in [-0.1, -0.05) is 12.1 Å². The summed E-state index contributed by atoms with van der Waals surface area (Å²) in [5.74, 6) is -0.178. The fraction of sp³-hybridized carbons (Fsp3) is 0.571. The predicted molar refractivity (Wildman–Crippen MR) is 70.6 cm³/mol. The summed E-state index contributed by atoms with van der Waals surface area (Å²) in [6.07, 6.45) is 0. The maximum absolute atomic E-state index is 13.1. The second-order valence-corrected chi connectivity index (χ2v) is 5.36. The minimum atomic E-state index is -0.178. The van der Waals surface area contributed by atoms with E-state index in [1.165, 1.54) is 6.07 Å². The molecule has 2 nitrogen and oxygen atoms in total. The summed E-state index contributed by atoms with van der Waals surface area (Å²) in [5.41, 5.74) is 1.07. The van der Waals surface area contributed by atoms with E-state index in [0.29, 0.717) is 0 Å². The molecule has 0 bridgehead atoms. The van der Waals surface area contributed by atoms with Gasteiger partial charge in [0.25, 0.3) is 0 Å². The molecule has 0 amide bonds. The number of rotatable bonds is 5. The second kappa shape index (κ2) is 5.61.